The number of hydrogen-bond acceptors (Lipinski definition) is 5. The van der Waals surface area contributed by atoms with Gasteiger partial charge in [-0.2, -0.15) is 13.2 Å². The third-order valence-corrected chi connectivity index (χ3v) is 4.12. The number of nitrogens with zero attached hydrogens (tertiary/aromatic N) is 3. The fourth-order valence-electron chi connectivity index (χ4n) is 2.53. The van der Waals surface area contributed by atoms with Crippen molar-refractivity contribution in [3.63, 3.8) is 0 Å². The minimum atomic E-state index is -4.45. The summed E-state index contributed by atoms with van der Waals surface area (Å²) in [6, 6.07) is 4.20. The fraction of sp³-hybridized carbons (Fsp3) is 0.368. The number of halogens is 3. The van der Waals surface area contributed by atoms with Crippen LogP contribution in [0, 0.1) is 6.92 Å². The van der Waals surface area contributed by atoms with Crippen LogP contribution in [0.2, 0.25) is 0 Å². The van der Waals surface area contributed by atoms with Gasteiger partial charge in [0.05, 0.1) is 6.04 Å². The maximum Gasteiger partial charge on any atom is 0.422 e. The quantitative estimate of drug-likeness (QED) is 0.788. The summed E-state index contributed by atoms with van der Waals surface area (Å²) in [5.74, 6) is -0.478. The number of carbonyl (C=O) groups excluding carboxylic acids is 2. The lowest BCUT2D eigenvalue weighted by molar-refractivity contribution is -0.154. The van der Waals surface area contributed by atoms with Gasteiger partial charge in [0.15, 0.2) is 6.61 Å². The first-order valence-electron chi connectivity index (χ1n) is 8.65. The predicted molar refractivity (Wildman–Crippen MR) is 99.6 cm³/mol. The molecule has 2 aromatic heterocycles. The Kier molecular flexibility index (Phi) is 6.78. The van der Waals surface area contributed by atoms with Crippen molar-refractivity contribution in [3.05, 3.63) is 47.3 Å². The number of carbonyl (C=O) groups is 2. The number of ether oxygens (including phenoxy) is 1. The molecule has 156 valence electrons. The van der Waals surface area contributed by atoms with Crippen molar-refractivity contribution in [3.8, 4) is 5.88 Å². The van der Waals surface area contributed by atoms with Crippen molar-refractivity contribution in [1.82, 2.24) is 14.9 Å². The molecule has 2 amide bonds. The third-order valence-electron chi connectivity index (χ3n) is 4.12. The Morgan fingerprint density at radius 3 is 2.55 bits per heavy atom. The van der Waals surface area contributed by atoms with Crippen molar-refractivity contribution < 1.29 is 27.5 Å². The molecule has 0 bridgehead atoms. The topological polar surface area (TPSA) is 84.4 Å². The molecule has 0 fully saturated rings. The van der Waals surface area contributed by atoms with Crippen molar-refractivity contribution in [1.29, 1.82) is 0 Å². The first kappa shape index (κ1) is 22.1. The summed E-state index contributed by atoms with van der Waals surface area (Å²) in [4.78, 5) is 33.3. The number of aryl methyl sites for hydroxylation is 1. The van der Waals surface area contributed by atoms with Crippen LogP contribution in [0.1, 0.15) is 41.4 Å². The maximum atomic E-state index is 12.8. The largest absolute Gasteiger partial charge is 0.468 e. The Hall–Kier alpha value is -3.17. The van der Waals surface area contributed by atoms with E-state index in [-0.39, 0.29) is 23.5 Å². The maximum absolute atomic E-state index is 12.8. The molecular formula is C19H21F3N4O3. The van der Waals surface area contributed by atoms with Crippen LogP contribution < -0.4 is 10.1 Å². The molecule has 2 heterocycles. The molecule has 2 rings (SSSR count). The molecule has 0 spiro atoms. The summed E-state index contributed by atoms with van der Waals surface area (Å²) in [6.07, 6.45) is -1.66. The molecule has 2 aromatic rings. The van der Waals surface area contributed by atoms with E-state index >= 15 is 0 Å². The SMILES string of the molecule is CC(=O)Nc1cc(C(=O)N(C)C(C)c2cnc(OCC(F)(F)F)c(C)c2)ccn1. The van der Waals surface area contributed by atoms with Gasteiger partial charge in [0.1, 0.15) is 5.82 Å². The van der Waals surface area contributed by atoms with Crippen molar-refractivity contribution in [2.24, 2.45) is 0 Å². The Bertz CT molecular complexity index is 903. The van der Waals surface area contributed by atoms with E-state index in [4.69, 9.17) is 4.74 Å². The lowest BCUT2D eigenvalue weighted by Gasteiger charge is -2.26. The van der Waals surface area contributed by atoms with E-state index in [0.29, 0.717) is 16.7 Å². The predicted octanol–water partition coefficient (Wildman–Crippen LogP) is 3.52. The Balaban J connectivity index is 2.15. The average Bonchev–Trinajstić information content (AvgIpc) is 2.64. The zero-order valence-electron chi connectivity index (χ0n) is 16.4. The summed E-state index contributed by atoms with van der Waals surface area (Å²) < 4.78 is 41.6. The van der Waals surface area contributed by atoms with Gasteiger partial charge in [-0.15, -0.1) is 0 Å². The second-order valence-corrected chi connectivity index (χ2v) is 6.50. The van der Waals surface area contributed by atoms with Crippen LogP contribution in [0.4, 0.5) is 19.0 Å². The first-order chi connectivity index (χ1) is 13.5. The number of hydrogen-bond donors (Lipinski definition) is 1. The molecule has 1 unspecified atom stereocenters. The monoisotopic (exact) mass is 410 g/mol. The molecule has 0 aromatic carbocycles. The van der Waals surface area contributed by atoms with Crippen LogP contribution in [0.5, 0.6) is 5.88 Å². The highest BCUT2D eigenvalue weighted by atomic mass is 19.4. The lowest BCUT2D eigenvalue weighted by atomic mass is 10.1. The number of aromatic nitrogens is 2. The molecule has 0 saturated heterocycles. The van der Waals surface area contributed by atoms with Crippen LogP contribution in [-0.4, -0.2) is 46.5 Å². The highest BCUT2D eigenvalue weighted by Gasteiger charge is 2.29. The number of amides is 2. The minimum Gasteiger partial charge on any atom is -0.468 e. The molecule has 7 nitrogen and oxygen atoms in total. The van der Waals surface area contributed by atoms with Gasteiger partial charge in [0, 0.05) is 37.5 Å². The summed E-state index contributed by atoms with van der Waals surface area (Å²) in [5, 5.41) is 2.51. The van der Waals surface area contributed by atoms with Crippen LogP contribution >= 0.6 is 0 Å². The van der Waals surface area contributed by atoms with Crippen molar-refractivity contribution in [2.75, 3.05) is 19.0 Å². The van der Waals surface area contributed by atoms with Crippen LogP contribution in [-0.2, 0) is 4.79 Å². The smallest absolute Gasteiger partial charge is 0.422 e. The normalized spacial score (nSPS) is 12.2. The molecule has 10 heteroatoms. The average molecular weight is 410 g/mol. The molecule has 1 atom stereocenters. The molecule has 0 aliphatic carbocycles. The summed E-state index contributed by atoms with van der Waals surface area (Å²) in [7, 11) is 1.59. The van der Waals surface area contributed by atoms with E-state index in [0.717, 1.165) is 0 Å². The van der Waals surface area contributed by atoms with Crippen LogP contribution in [0.3, 0.4) is 0 Å². The fourth-order valence-corrected chi connectivity index (χ4v) is 2.53. The van der Waals surface area contributed by atoms with Crippen molar-refractivity contribution >= 4 is 17.6 Å². The van der Waals surface area contributed by atoms with Gasteiger partial charge < -0.3 is 15.0 Å². The van der Waals surface area contributed by atoms with Gasteiger partial charge in [-0.1, -0.05) is 0 Å². The Morgan fingerprint density at radius 2 is 1.97 bits per heavy atom. The number of nitrogens with one attached hydrogen (secondary N) is 1. The second kappa shape index (κ2) is 8.89. The molecule has 0 radical (unpaired) electrons. The van der Waals surface area contributed by atoms with Gasteiger partial charge in [0.25, 0.3) is 5.91 Å². The number of alkyl halides is 3. The number of rotatable bonds is 6. The lowest BCUT2D eigenvalue weighted by Crippen LogP contribution is -2.30. The summed E-state index contributed by atoms with van der Waals surface area (Å²) >= 11 is 0. The highest BCUT2D eigenvalue weighted by molar-refractivity contribution is 5.96. The summed E-state index contributed by atoms with van der Waals surface area (Å²) in [5.41, 5.74) is 1.39. The van der Waals surface area contributed by atoms with E-state index in [1.807, 2.05) is 0 Å². The summed E-state index contributed by atoms with van der Waals surface area (Å²) in [6.45, 7) is 3.26. The molecule has 0 aliphatic heterocycles. The van der Waals surface area contributed by atoms with Gasteiger partial charge in [-0.25, -0.2) is 9.97 Å². The molecule has 1 N–H and O–H groups in total. The second-order valence-electron chi connectivity index (χ2n) is 6.50. The van der Waals surface area contributed by atoms with Gasteiger partial charge >= 0.3 is 6.18 Å². The molecular weight excluding hydrogens is 389 g/mol. The standard InChI is InChI=1S/C19H21F3N4O3/c1-11-7-15(9-24-17(11)29-10-19(20,21)22)12(2)26(4)18(28)14-5-6-23-16(8-14)25-13(3)27/h5-9,12H,10H2,1-4H3,(H,23,25,27). The number of anilines is 1. The van der Waals surface area contributed by atoms with Gasteiger partial charge in [-0.05, 0) is 37.6 Å². The molecule has 29 heavy (non-hydrogen) atoms. The third kappa shape index (κ3) is 6.16. The van der Waals surface area contributed by atoms with Gasteiger partial charge in [-0.3, -0.25) is 9.59 Å². The first-order valence-corrected chi connectivity index (χ1v) is 8.65. The zero-order valence-corrected chi connectivity index (χ0v) is 16.4. The minimum absolute atomic E-state index is 0.110. The van der Waals surface area contributed by atoms with E-state index in [2.05, 4.69) is 15.3 Å². The Labute approximate surface area is 165 Å². The van der Waals surface area contributed by atoms with Crippen LogP contribution in [0.25, 0.3) is 0 Å². The van der Waals surface area contributed by atoms with E-state index < -0.39 is 18.8 Å². The van der Waals surface area contributed by atoms with E-state index in [9.17, 15) is 22.8 Å². The van der Waals surface area contributed by atoms with Crippen LogP contribution in [0.15, 0.2) is 30.6 Å². The molecule has 0 saturated carbocycles. The van der Waals surface area contributed by atoms with Gasteiger partial charge in [0.2, 0.25) is 11.8 Å². The van der Waals surface area contributed by atoms with E-state index in [1.165, 1.54) is 36.4 Å². The Morgan fingerprint density at radius 1 is 1.28 bits per heavy atom. The molecule has 0 aliphatic rings. The highest BCUT2D eigenvalue weighted by Crippen LogP contribution is 2.26. The number of pyridine rings is 2. The zero-order chi connectivity index (χ0) is 21.8. The van der Waals surface area contributed by atoms with E-state index in [1.54, 1.807) is 27.0 Å². The van der Waals surface area contributed by atoms with Crippen molar-refractivity contribution in [2.45, 2.75) is 33.0 Å².